The third kappa shape index (κ3) is 4.26. The van der Waals surface area contributed by atoms with Gasteiger partial charge in [0.1, 0.15) is 6.61 Å². The molecule has 24 heavy (non-hydrogen) atoms. The fourth-order valence-electron chi connectivity index (χ4n) is 2.95. The number of carbonyl (C=O) groups is 2. The molecular weight excluding hydrogens is 334 g/mol. The smallest absolute Gasteiger partial charge is 0.305 e. The zero-order chi connectivity index (χ0) is 17.7. The fourth-order valence-corrected chi connectivity index (χ4v) is 3.30. The molecule has 0 saturated carbocycles. The van der Waals surface area contributed by atoms with Crippen LogP contribution >= 0.6 is 11.6 Å². The molecule has 0 atom stereocenters. The highest BCUT2D eigenvalue weighted by Crippen LogP contribution is 2.28. The van der Waals surface area contributed by atoms with Crippen molar-refractivity contribution < 1.29 is 24.5 Å². The lowest BCUT2D eigenvalue weighted by molar-refractivity contribution is -0.253. The minimum Gasteiger partial charge on any atom is -0.469 e. The zero-order valence-electron chi connectivity index (χ0n) is 13.9. The summed E-state index contributed by atoms with van der Waals surface area (Å²) in [6.07, 6.45) is 1.91. The van der Waals surface area contributed by atoms with Gasteiger partial charge in [-0.05, 0) is 37.3 Å². The number of esters is 1. The van der Waals surface area contributed by atoms with Crippen molar-refractivity contribution in [2.75, 3.05) is 20.2 Å². The Labute approximate surface area is 146 Å². The molecule has 1 aromatic carbocycles. The Morgan fingerprint density at radius 3 is 2.58 bits per heavy atom. The van der Waals surface area contributed by atoms with Gasteiger partial charge in [0.05, 0.1) is 17.7 Å². The van der Waals surface area contributed by atoms with E-state index in [4.69, 9.17) is 21.6 Å². The van der Waals surface area contributed by atoms with Gasteiger partial charge < -0.3 is 9.64 Å². The molecular formula is C17H22ClNO5. The number of nitrogens with zero attached hydrogens (tertiary/aromatic N) is 1. The molecule has 0 unspecified atom stereocenters. The van der Waals surface area contributed by atoms with Crippen molar-refractivity contribution in [3.63, 3.8) is 0 Å². The van der Waals surface area contributed by atoms with Gasteiger partial charge in [0, 0.05) is 25.1 Å². The molecule has 1 heterocycles. The van der Waals surface area contributed by atoms with Crippen LogP contribution in [-0.2, 0) is 21.0 Å². The van der Waals surface area contributed by atoms with Crippen LogP contribution in [0.5, 0.6) is 0 Å². The summed E-state index contributed by atoms with van der Waals surface area (Å²) in [6.45, 7) is 2.94. The third-order valence-corrected chi connectivity index (χ3v) is 4.93. The first-order chi connectivity index (χ1) is 11.5. The number of amides is 1. The first kappa shape index (κ1) is 18.7. The topological polar surface area (TPSA) is 76.1 Å². The molecule has 0 spiro atoms. The molecule has 1 aliphatic heterocycles. The van der Waals surface area contributed by atoms with Crippen molar-refractivity contribution in [2.45, 2.75) is 32.8 Å². The Bertz CT molecular complexity index is 611. The number of likely N-dealkylation sites (tertiary alicyclic amines) is 1. The molecule has 2 rings (SSSR count). The molecule has 6 nitrogen and oxygen atoms in total. The Kier molecular flexibility index (Phi) is 6.60. The van der Waals surface area contributed by atoms with Crippen molar-refractivity contribution in [1.29, 1.82) is 0 Å². The van der Waals surface area contributed by atoms with E-state index in [9.17, 15) is 9.59 Å². The van der Waals surface area contributed by atoms with E-state index < -0.39 is 0 Å². The highest BCUT2D eigenvalue weighted by atomic mass is 35.5. The predicted molar refractivity (Wildman–Crippen MR) is 88.9 cm³/mol. The lowest BCUT2D eigenvalue weighted by Gasteiger charge is -2.32. The number of piperidine rings is 1. The van der Waals surface area contributed by atoms with Crippen molar-refractivity contribution in [3.8, 4) is 0 Å². The van der Waals surface area contributed by atoms with Crippen LogP contribution < -0.4 is 0 Å². The second-order valence-electron chi connectivity index (χ2n) is 6.01. The number of hydrogen-bond acceptors (Lipinski definition) is 5. The number of aryl methyl sites for hydroxylation is 1. The molecule has 1 saturated heterocycles. The summed E-state index contributed by atoms with van der Waals surface area (Å²) < 4.78 is 4.69. The minimum atomic E-state index is -0.213. The summed E-state index contributed by atoms with van der Waals surface area (Å²) in [5.41, 5.74) is 1.86. The average Bonchev–Trinajstić information content (AvgIpc) is 2.58. The van der Waals surface area contributed by atoms with Gasteiger partial charge in [-0.2, -0.15) is 0 Å². The highest BCUT2D eigenvalue weighted by Gasteiger charge is 2.27. The number of ether oxygens (including phenoxy) is 1. The fraction of sp³-hybridized carbons (Fsp3) is 0.529. The van der Waals surface area contributed by atoms with Crippen molar-refractivity contribution in [2.24, 2.45) is 5.92 Å². The molecule has 132 valence electrons. The average molecular weight is 356 g/mol. The molecule has 1 N–H and O–H groups in total. The second kappa shape index (κ2) is 8.46. The highest BCUT2D eigenvalue weighted by molar-refractivity contribution is 6.34. The molecule has 0 aliphatic carbocycles. The third-order valence-electron chi connectivity index (χ3n) is 4.50. The molecule has 1 aromatic rings. The minimum absolute atomic E-state index is 0.0625. The monoisotopic (exact) mass is 355 g/mol. The first-order valence-corrected chi connectivity index (χ1v) is 8.26. The number of rotatable bonds is 5. The number of halogens is 1. The van der Waals surface area contributed by atoms with E-state index in [-0.39, 0.29) is 24.4 Å². The summed E-state index contributed by atoms with van der Waals surface area (Å²) in [5, 5.41) is 8.99. The van der Waals surface area contributed by atoms with Crippen LogP contribution in [0.1, 0.15) is 40.7 Å². The van der Waals surface area contributed by atoms with Gasteiger partial charge in [0.2, 0.25) is 0 Å². The Hall–Kier alpha value is -1.63. The molecule has 1 amide bonds. The van der Waals surface area contributed by atoms with Crippen molar-refractivity contribution in [3.05, 3.63) is 33.8 Å². The van der Waals surface area contributed by atoms with Crippen LogP contribution in [0.25, 0.3) is 0 Å². The Balaban J connectivity index is 2.06. The number of benzene rings is 1. The van der Waals surface area contributed by atoms with Gasteiger partial charge in [-0.1, -0.05) is 17.7 Å². The lowest BCUT2D eigenvalue weighted by atomic mass is 9.93. The van der Waals surface area contributed by atoms with Gasteiger partial charge in [0.25, 0.3) is 5.91 Å². The SMILES string of the molecule is COC(=O)CC1CCN(C(=O)c2ccc(C)c(COO)c2Cl)CC1. The number of hydrogen-bond donors (Lipinski definition) is 1. The molecule has 0 bridgehead atoms. The van der Waals surface area contributed by atoms with Crippen molar-refractivity contribution in [1.82, 2.24) is 4.90 Å². The van der Waals surface area contributed by atoms with Gasteiger partial charge in [-0.3, -0.25) is 14.8 Å². The van der Waals surface area contributed by atoms with E-state index in [1.54, 1.807) is 17.0 Å². The van der Waals surface area contributed by atoms with Crippen LogP contribution in [-0.4, -0.2) is 42.2 Å². The molecule has 0 aromatic heterocycles. The standard InChI is InChI=1S/C17H22ClNO5/c1-11-3-4-13(16(18)14(11)10-24-22)17(21)19-7-5-12(6-8-19)9-15(20)23-2/h3-4,12,22H,5-10H2,1-2H3. The molecule has 1 aliphatic rings. The van der Waals surface area contributed by atoms with Gasteiger partial charge in [-0.25, -0.2) is 4.89 Å². The van der Waals surface area contributed by atoms with Gasteiger partial charge in [-0.15, -0.1) is 0 Å². The maximum Gasteiger partial charge on any atom is 0.305 e. The van der Waals surface area contributed by atoms with E-state index in [1.165, 1.54) is 7.11 Å². The normalized spacial score (nSPS) is 15.4. The van der Waals surface area contributed by atoms with Gasteiger partial charge >= 0.3 is 5.97 Å². The molecule has 7 heteroatoms. The van der Waals surface area contributed by atoms with Crippen molar-refractivity contribution >= 4 is 23.5 Å². The zero-order valence-corrected chi connectivity index (χ0v) is 14.6. The second-order valence-corrected chi connectivity index (χ2v) is 6.39. The van der Waals surface area contributed by atoms with E-state index in [0.29, 0.717) is 35.7 Å². The largest absolute Gasteiger partial charge is 0.469 e. The number of methoxy groups -OCH3 is 1. The summed E-state index contributed by atoms with van der Waals surface area (Å²) >= 11 is 6.32. The summed E-state index contributed by atoms with van der Waals surface area (Å²) in [4.78, 5) is 30.0. The van der Waals surface area contributed by atoms with Crippen LogP contribution in [0.2, 0.25) is 5.02 Å². The summed E-state index contributed by atoms with van der Waals surface area (Å²) in [5.74, 6) is -0.112. The maximum absolute atomic E-state index is 12.7. The summed E-state index contributed by atoms with van der Waals surface area (Å²) in [6, 6.07) is 3.49. The van der Waals surface area contributed by atoms with Crippen LogP contribution in [0, 0.1) is 12.8 Å². The number of carbonyl (C=O) groups excluding carboxylic acids is 2. The van der Waals surface area contributed by atoms with E-state index in [0.717, 1.165) is 18.4 Å². The summed E-state index contributed by atoms with van der Waals surface area (Å²) in [7, 11) is 1.38. The predicted octanol–water partition coefficient (Wildman–Crippen LogP) is 3.05. The maximum atomic E-state index is 12.7. The lowest BCUT2D eigenvalue weighted by Crippen LogP contribution is -2.39. The quantitative estimate of drug-likeness (QED) is 0.499. The first-order valence-electron chi connectivity index (χ1n) is 7.88. The van der Waals surface area contributed by atoms with E-state index in [2.05, 4.69) is 4.89 Å². The van der Waals surface area contributed by atoms with E-state index in [1.807, 2.05) is 6.92 Å². The molecule has 1 fully saturated rings. The Morgan fingerprint density at radius 2 is 2.00 bits per heavy atom. The van der Waals surface area contributed by atoms with Gasteiger partial charge in [0.15, 0.2) is 0 Å². The Morgan fingerprint density at radius 1 is 1.33 bits per heavy atom. The van der Waals surface area contributed by atoms with Crippen LogP contribution in [0.4, 0.5) is 0 Å². The van der Waals surface area contributed by atoms with E-state index >= 15 is 0 Å². The van der Waals surface area contributed by atoms with Crippen LogP contribution in [0.3, 0.4) is 0 Å². The molecule has 0 radical (unpaired) electrons. The van der Waals surface area contributed by atoms with Crippen LogP contribution in [0.15, 0.2) is 12.1 Å².